The van der Waals surface area contributed by atoms with E-state index in [1.807, 2.05) is 0 Å². The van der Waals surface area contributed by atoms with Crippen molar-refractivity contribution in [1.82, 2.24) is 0 Å². The lowest BCUT2D eigenvalue weighted by atomic mass is 9.41. The molecule has 0 bridgehead atoms. The number of hydrogen-bond donors (Lipinski definition) is 0. The molecule has 0 radical (unpaired) electrons. The number of Topliss-reactive ketones (excluding diaryl/α,β-unsaturated/α-hetero) is 1. The maximum atomic E-state index is 13.0. The lowest BCUT2D eigenvalue weighted by Gasteiger charge is -2.63. The van der Waals surface area contributed by atoms with Gasteiger partial charge >= 0.3 is 0 Å². The van der Waals surface area contributed by atoms with Gasteiger partial charge in [-0.2, -0.15) is 0 Å². The van der Waals surface area contributed by atoms with Gasteiger partial charge < -0.3 is 0 Å². The molecule has 1 aromatic rings. The van der Waals surface area contributed by atoms with Crippen molar-refractivity contribution in [3.8, 4) is 0 Å². The van der Waals surface area contributed by atoms with Gasteiger partial charge in [0.1, 0.15) is 5.78 Å². The van der Waals surface area contributed by atoms with Crippen molar-refractivity contribution in [3.05, 3.63) is 35.4 Å². The molecule has 5 rings (SSSR count). The van der Waals surface area contributed by atoms with E-state index >= 15 is 0 Å². The van der Waals surface area contributed by atoms with E-state index in [4.69, 9.17) is 0 Å². The SMILES string of the molecule is Cc1cccc(C2CC(=O)CC3CC[C@@H]4[C@H](CC[C@]5(C)[C@@H]([C@H](C)CCCC(C)C)CC[C@@H]45)[C@]32C)c1. The van der Waals surface area contributed by atoms with Gasteiger partial charge in [-0.1, -0.05) is 83.7 Å². The normalized spacial score (nSPS) is 41.9. The van der Waals surface area contributed by atoms with Gasteiger partial charge in [0.25, 0.3) is 0 Å². The molecule has 0 aromatic heterocycles. The van der Waals surface area contributed by atoms with Crippen LogP contribution in [0.25, 0.3) is 0 Å². The molecule has 2 unspecified atom stereocenters. The third-order valence-electron chi connectivity index (χ3n) is 12.3. The summed E-state index contributed by atoms with van der Waals surface area (Å²) in [5.74, 6) is 6.75. The van der Waals surface area contributed by atoms with Crippen LogP contribution in [0.3, 0.4) is 0 Å². The van der Waals surface area contributed by atoms with Gasteiger partial charge in [0.15, 0.2) is 0 Å². The summed E-state index contributed by atoms with van der Waals surface area (Å²) in [4.78, 5) is 13.0. The van der Waals surface area contributed by atoms with Gasteiger partial charge in [-0.15, -0.1) is 0 Å². The zero-order valence-corrected chi connectivity index (χ0v) is 23.6. The van der Waals surface area contributed by atoms with E-state index in [2.05, 4.69) is 65.8 Å². The number of carbonyl (C=O) groups excluding carboxylic acids is 1. The molecule has 0 saturated heterocycles. The first-order valence-electron chi connectivity index (χ1n) is 15.2. The van der Waals surface area contributed by atoms with Crippen LogP contribution in [0.1, 0.15) is 122 Å². The lowest BCUT2D eigenvalue weighted by molar-refractivity contribution is -0.145. The number of ketones is 1. The van der Waals surface area contributed by atoms with E-state index in [1.165, 1.54) is 68.9 Å². The quantitative estimate of drug-likeness (QED) is 0.399. The predicted molar refractivity (Wildman–Crippen MR) is 147 cm³/mol. The van der Waals surface area contributed by atoms with Crippen LogP contribution in [-0.4, -0.2) is 5.78 Å². The highest BCUT2D eigenvalue weighted by Crippen LogP contribution is 2.70. The van der Waals surface area contributed by atoms with Gasteiger partial charge in [0.05, 0.1) is 0 Å². The van der Waals surface area contributed by atoms with Crippen molar-refractivity contribution in [1.29, 1.82) is 0 Å². The fourth-order valence-corrected chi connectivity index (χ4v) is 10.5. The summed E-state index contributed by atoms with van der Waals surface area (Å²) in [5, 5.41) is 0. The standard InChI is InChI=1S/C34H52O/c1-22(2)9-7-11-24(4)29-15-16-30-28-14-13-26-20-27(35)21-32(25-12-8-10-23(3)19-25)34(26,6)31(28)17-18-33(29,30)5/h8,10,12,19,22,24,26,28-32H,7,9,11,13-18,20-21H2,1-6H3/t24-,26?,28+,29-,30+,31+,32?,33-,34+/m1/s1. The number of fused-ring (bicyclic) bond motifs is 5. The first-order chi connectivity index (χ1) is 16.6. The van der Waals surface area contributed by atoms with E-state index in [-0.39, 0.29) is 5.41 Å². The molecule has 0 spiro atoms. The maximum Gasteiger partial charge on any atom is 0.133 e. The monoisotopic (exact) mass is 476 g/mol. The van der Waals surface area contributed by atoms with E-state index in [0.717, 1.165) is 48.3 Å². The molecule has 0 aliphatic heterocycles. The molecule has 4 aliphatic rings. The highest BCUT2D eigenvalue weighted by Gasteiger charge is 2.62. The van der Waals surface area contributed by atoms with Crippen molar-refractivity contribution < 1.29 is 4.79 Å². The fourth-order valence-electron chi connectivity index (χ4n) is 10.5. The van der Waals surface area contributed by atoms with Crippen molar-refractivity contribution >= 4 is 5.78 Å². The Labute approximate surface area is 216 Å². The van der Waals surface area contributed by atoms with Crippen molar-refractivity contribution in [2.45, 2.75) is 118 Å². The summed E-state index contributed by atoms with van der Waals surface area (Å²) in [7, 11) is 0. The van der Waals surface area contributed by atoms with Crippen LogP contribution in [0.2, 0.25) is 0 Å². The summed E-state index contributed by atoms with van der Waals surface area (Å²) in [6.45, 7) is 14.9. The van der Waals surface area contributed by atoms with Gasteiger partial charge in [0.2, 0.25) is 0 Å². The molecule has 1 aromatic carbocycles. The molecule has 0 N–H and O–H groups in total. The van der Waals surface area contributed by atoms with E-state index in [1.54, 1.807) is 0 Å². The summed E-state index contributed by atoms with van der Waals surface area (Å²) in [5.41, 5.74) is 3.62. The van der Waals surface area contributed by atoms with Gasteiger partial charge in [-0.25, -0.2) is 0 Å². The van der Waals surface area contributed by atoms with Crippen LogP contribution in [0, 0.1) is 59.2 Å². The summed E-state index contributed by atoms with van der Waals surface area (Å²) in [6.07, 6.45) is 14.3. The van der Waals surface area contributed by atoms with Crippen molar-refractivity contribution in [2.24, 2.45) is 52.3 Å². The Hall–Kier alpha value is -1.11. The maximum absolute atomic E-state index is 13.0. The second-order valence-corrected chi connectivity index (χ2v) is 14.5. The van der Waals surface area contributed by atoms with Crippen LogP contribution < -0.4 is 0 Å². The number of aryl methyl sites for hydroxylation is 1. The zero-order valence-electron chi connectivity index (χ0n) is 23.6. The number of rotatable bonds is 6. The van der Waals surface area contributed by atoms with Gasteiger partial charge in [-0.05, 0) is 109 Å². The van der Waals surface area contributed by atoms with Crippen LogP contribution in [-0.2, 0) is 4.79 Å². The Morgan fingerprint density at radius 3 is 2.49 bits per heavy atom. The van der Waals surface area contributed by atoms with Crippen LogP contribution in [0.5, 0.6) is 0 Å². The first-order valence-corrected chi connectivity index (χ1v) is 15.2. The first kappa shape index (κ1) is 25.5. The second-order valence-electron chi connectivity index (χ2n) is 14.5. The highest BCUT2D eigenvalue weighted by atomic mass is 16.1. The molecule has 35 heavy (non-hydrogen) atoms. The molecule has 4 aliphatic carbocycles. The van der Waals surface area contributed by atoms with E-state index in [0.29, 0.717) is 23.0 Å². The molecule has 9 atom stereocenters. The summed E-state index contributed by atoms with van der Waals surface area (Å²) >= 11 is 0. The molecular weight excluding hydrogens is 424 g/mol. The number of hydrogen-bond acceptors (Lipinski definition) is 1. The highest BCUT2D eigenvalue weighted by molar-refractivity contribution is 5.81. The smallest absolute Gasteiger partial charge is 0.133 e. The Balaban J connectivity index is 1.40. The fraction of sp³-hybridized carbons (Fsp3) is 0.794. The molecule has 1 nitrogen and oxygen atoms in total. The Bertz CT molecular complexity index is 915. The second kappa shape index (κ2) is 9.64. The minimum Gasteiger partial charge on any atom is -0.300 e. The van der Waals surface area contributed by atoms with E-state index < -0.39 is 0 Å². The molecule has 4 saturated carbocycles. The third-order valence-corrected chi connectivity index (χ3v) is 12.3. The summed E-state index contributed by atoms with van der Waals surface area (Å²) < 4.78 is 0. The van der Waals surface area contributed by atoms with Gasteiger partial charge in [-0.3, -0.25) is 4.79 Å². The van der Waals surface area contributed by atoms with Gasteiger partial charge in [0, 0.05) is 12.8 Å². The molecule has 1 heteroatoms. The average Bonchev–Trinajstić information content (AvgIpc) is 3.16. The topological polar surface area (TPSA) is 17.1 Å². The lowest BCUT2D eigenvalue weighted by Crippen LogP contribution is -2.56. The molecule has 0 heterocycles. The molecular formula is C34H52O. The van der Waals surface area contributed by atoms with Crippen molar-refractivity contribution in [3.63, 3.8) is 0 Å². The zero-order chi connectivity index (χ0) is 25.0. The number of carbonyl (C=O) groups is 1. The number of benzene rings is 1. The molecule has 0 amide bonds. The molecule has 4 fully saturated rings. The predicted octanol–water partition coefficient (Wildman–Crippen LogP) is 9.38. The van der Waals surface area contributed by atoms with Crippen LogP contribution in [0.15, 0.2) is 24.3 Å². The van der Waals surface area contributed by atoms with Crippen LogP contribution in [0.4, 0.5) is 0 Å². The molecule has 194 valence electrons. The van der Waals surface area contributed by atoms with Crippen LogP contribution >= 0.6 is 0 Å². The van der Waals surface area contributed by atoms with Crippen molar-refractivity contribution in [2.75, 3.05) is 0 Å². The summed E-state index contributed by atoms with van der Waals surface area (Å²) in [6, 6.07) is 9.17. The minimum atomic E-state index is 0.285. The Kier molecular flexibility index (Phi) is 7.04. The third kappa shape index (κ3) is 4.35. The average molecular weight is 477 g/mol. The Morgan fingerprint density at radius 1 is 0.943 bits per heavy atom. The largest absolute Gasteiger partial charge is 0.300 e. The Morgan fingerprint density at radius 2 is 1.74 bits per heavy atom. The minimum absolute atomic E-state index is 0.285. The van der Waals surface area contributed by atoms with E-state index in [9.17, 15) is 4.79 Å².